The average Bonchev–Trinajstić information content (AvgIpc) is 3.10. The maximum atomic E-state index is 13.6. The van der Waals surface area contributed by atoms with Gasteiger partial charge in [-0.3, -0.25) is 14.2 Å². The molecule has 1 aromatic carbocycles. The molecule has 2 heterocycles. The maximum Gasteiger partial charge on any atom is 0.263 e. The molecular formula is C25H32N4O2S. The van der Waals surface area contributed by atoms with Gasteiger partial charge in [0.15, 0.2) is 0 Å². The van der Waals surface area contributed by atoms with E-state index in [1.54, 1.807) is 15.9 Å². The Labute approximate surface area is 193 Å². The van der Waals surface area contributed by atoms with E-state index in [-0.39, 0.29) is 23.9 Å². The third-order valence-corrected chi connectivity index (χ3v) is 7.29. The summed E-state index contributed by atoms with van der Waals surface area (Å²) in [5.41, 5.74) is 4.03. The summed E-state index contributed by atoms with van der Waals surface area (Å²) >= 11 is 1.65. The van der Waals surface area contributed by atoms with Gasteiger partial charge in [-0.05, 0) is 69.3 Å². The van der Waals surface area contributed by atoms with Crippen molar-refractivity contribution in [2.75, 3.05) is 19.4 Å². The van der Waals surface area contributed by atoms with Crippen molar-refractivity contribution in [3.63, 3.8) is 0 Å². The van der Waals surface area contributed by atoms with E-state index in [0.29, 0.717) is 12.4 Å². The minimum atomic E-state index is -0.200. The van der Waals surface area contributed by atoms with Crippen LogP contribution in [0.25, 0.3) is 10.2 Å². The summed E-state index contributed by atoms with van der Waals surface area (Å²) in [6.45, 7) is 6.68. The van der Waals surface area contributed by atoms with Gasteiger partial charge in [0.25, 0.3) is 5.56 Å². The van der Waals surface area contributed by atoms with E-state index in [1.807, 2.05) is 44.1 Å². The lowest BCUT2D eigenvalue weighted by Gasteiger charge is -2.19. The summed E-state index contributed by atoms with van der Waals surface area (Å²) in [6, 6.07) is 6.05. The number of aryl methyl sites for hydroxylation is 3. The van der Waals surface area contributed by atoms with Crippen molar-refractivity contribution in [1.82, 2.24) is 14.5 Å². The van der Waals surface area contributed by atoms with Gasteiger partial charge in [0, 0.05) is 10.6 Å². The average molecular weight is 453 g/mol. The molecule has 0 aliphatic heterocycles. The molecule has 1 aliphatic carbocycles. The largest absolute Gasteiger partial charge is 0.324 e. The Morgan fingerprint density at radius 3 is 2.72 bits per heavy atom. The van der Waals surface area contributed by atoms with Gasteiger partial charge in [-0.15, -0.1) is 11.3 Å². The second-order valence-electron chi connectivity index (χ2n) is 9.29. The van der Waals surface area contributed by atoms with Crippen LogP contribution in [0.1, 0.15) is 60.0 Å². The lowest BCUT2D eigenvalue weighted by molar-refractivity contribution is -0.116. The van der Waals surface area contributed by atoms with Gasteiger partial charge in [-0.25, -0.2) is 4.98 Å². The molecule has 0 atom stereocenters. The van der Waals surface area contributed by atoms with Crippen LogP contribution in [0.15, 0.2) is 23.0 Å². The summed E-state index contributed by atoms with van der Waals surface area (Å²) in [6.07, 6.45) is 4.20. The maximum absolute atomic E-state index is 13.6. The minimum Gasteiger partial charge on any atom is -0.324 e. The molecule has 0 fully saturated rings. The van der Waals surface area contributed by atoms with Crippen LogP contribution >= 0.6 is 11.3 Å². The molecule has 0 saturated carbocycles. The molecule has 0 spiro atoms. The molecule has 1 amide bonds. The normalized spacial score (nSPS) is 13.7. The molecule has 1 N–H and O–H groups in total. The van der Waals surface area contributed by atoms with Crippen molar-refractivity contribution in [3.05, 3.63) is 55.9 Å². The molecule has 7 heteroatoms. The number of para-hydroxylation sites is 1. The predicted molar refractivity (Wildman–Crippen MR) is 132 cm³/mol. The first kappa shape index (κ1) is 22.7. The number of aromatic nitrogens is 2. The second-order valence-corrected chi connectivity index (χ2v) is 10.4. The summed E-state index contributed by atoms with van der Waals surface area (Å²) < 4.78 is 1.58. The van der Waals surface area contributed by atoms with Crippen LogP contribution in [0.2, 0.25) is 0 Å². The third kappa shape index (κ3) is 4.36. The number of carbonyl (C=O) groups excluding carboxylic acids is 1. The Bertz CT molecular complexity index is 1220. The van der Waals surface area contributed by atoms with Crippen molar-refractivity contribution in [3.8, 4) is 0 Å². The van der Waals surface area contributed by atoms with Gasteiger partial charge in [0.05, 0.1) is 11.9 Å². The smallest absolute Gasteiger partial charge is 0.263 e. The SMILES string of the molecule is Cc1cccc(C(C)C)c1NC(=O)Cn1c(CN(C)C)nc2sc3c(c2c1=O)CCCC3. The first-order valence-electron chi connectivity index (χ1n) is 11.3. The molecule has 0 radical (unpaired) electrons. The predicted octanol–water partition coefficient (Wildman–Crippen LogP) is 4.47. The number of amides is 1. The molecule has 32 heavy (non-hydrogen) atoms. The van der Waals surface area contributed by atoms with Crippen molar-refractivity contribution < 1.29 is 4.79 Å². The van der Waals surface area contributed by atoms with E-state index in [1.165, 1.54) is 4.88 Å². The highest BCUT2D eigenvalue weighted by Crippen LogP contribution is 2.34. The summed E-state index contributed by atoms with van der Waals surface area (Å²) in [7, 11) is 3.89. The number of fused-ring (bicyclic) bond motifs is 3. The van der Waals surface area contributed by atoms with Gasteiger partial charge >= 0.3 is 0 Å². The van der Waals surface area contributed by atoms with E-state index < -0.39 is 0 Å². The molecule has 0 saturated heterocycles. The van der Waals surface area contributed by atoms with E-state index in [0.717, 1.165) is 58.3 Å². The highest BCUT2D eigenvalue weighted by molar-refractivity contribution is 7.18. The number of hydrogen-bond donors (Lipinski definition) is 1. The first-order valence-corrected chi connectivity index (χ1v) is 12.2. The van der Waals surface area contributed by atoms with Crippen molar-refractivity contribution >= 4 is 33.1 Å². The van der Waals surface area contributed by atoms with Gasteiger partial charge in [-0.1, -0.05) is 32.0 Å². The number of rotatable bonds is 6. The van der Waals surface area contributed by atoms with E-state index >= 15 is 0 Å². The number of benzene rings is 1. The summed E-state index contributed by atoms with van der Waals surface area (Å²) in [5, 5.41) is 3.80. The Morgan fingerprint density at radius 2 is 2.00 bits per heavy atom. The topological polar surface area (TPSA) is 67.2 Å². The minimum absolute atomic E-state index is 0.0402. The second kappa shape index (κ2) is 9.16. The summed E-state index contributed by atoms with van der Waals surface area (Å²) in [4.78, 5) is 35.7. The monoisotopic (exact) mass is 452 g/mol. The highest BCUT2D eigenvalue weighted by Gasteiger charge is 2.23. The highest BCUT2D eigenvalue weighted by atomic mass is 32.1. The van der Waals surface area contributed by atoms with E-state index in [2.05, 4.69) is 19.2 Å². The Hall–Kier alpha value is -2.51. The molecule has 1 aliphatic rings. The fourth-order valence-electron chi connectivity index (χ4n) is 4.51. The van der Waals surface area contributed by atoms with Gasteiger partial charge in [0.2, 0.25) is 5.91 Å². The summed E-state index contributed by atoms with van der Waals surface area (Å²) in [5.74, 6) is 0.719. The van der Waals surface area contributed by atoms with Crippen molar-refractivity contribution in [2.24, 2.45) is 0 Å². The van der Waals surface area contributed by atoms with Gasteiger partial charge in [0.1, 0.15) is 17.2 Å². The third-order valence-electron chi connectivity index (χ3n) is 6.10. The molecule has 4 rings (SSSR count). The zero-order valence-corrected chi connectivity index (χ0v) is 20.4. The molecule has 2 aromatic heterocycles. The Morgan fingerprint density at radius 1 is 1.25 bits per heavy atom. The van der Waals surface area contributed by atoms with Gasteiger partial charge < -0.3 is 10.2 Å². The molecule has 3 aromatic rings. The number of anilines is 1. The number of nitrogens with zero attached hydrogens (tertiary/aromatic N) is 3. The quantitative estimate of drug-likeness (QED) is 0.599. The Balaban J connectivity index is 1.74. The fourth-order valence-corrected chi connectivity index (χ4v) is 5.78. The fraction of sp³-hybridized carbons (Fsp3) is 0.480. The van der Waals surface area contributed by atoms with Crippen LogP contribution in [0.4, 0.5) is 5.69 Å². The van der Waals surface area contributed by atoms with Crippen molar-refractivity contribution in [1.29, 1.82) is 0 Å². The lowest BCUT2D eigenvalue weighted by Crippen LogP contribution is -2.33. The van der Waals surface area contributed by atoms with Crippen LogP contribution in [0, 0.1) is 6.92 Å². The van der Waals surface area contributed by atoms with Gasteiger partial charge in [-0.2, -0.15) is 0 Å². The van der Waals surface area contributed by atoms with Crippen LogP contribution in [-0.4, -0.2) is 34.5 Å². The molecule has 6 nitrogen and oxygen atoms in total. The van der Waals surface area contributed by atoms with Crippen LogP contribution < -0.4 is 10.9 Å². The number of carbonyl (C=O) groups is 1. The van der Waals surface area contributed by atoms with Crippen molar-refractivity contribution in [2.45, 2.75) is 65.5 Å². The van der Waals surface area contributed by atoms with E-state index in [4.69, 9.17) is 4.98 Å². The number of nitrogens with one attached hydrogen (secondary N) is 1. The lowest BCUT2D eigenvalue weighted by atomic mass is 9.97. The molecule has 0 unspecified atom stereocenters. The standard InChI is InChI=1S/C25H32N4O2S/c1-15(2)17-11-8-9-16(3)23(17)27-21(30)14-29-20(13-28(4)5)26-24-22(25(29)31)18-10-6-7-12-19(18)32-24/h8-9,11,15H,6-7,10,12-14H2,1-5H3,(H,27,30). The zero-order valence-electron chi connectivity index (χ0n) is 19.6. The zero-order chi connectivity index (χ0) is 23.0. The van der Waals surface area contributed by atoms with Crippen LogP contribution in [0.3, 0.4) is 0 Å². The number of thiophene rings is 1. The van der Waals surface area contributed by atoms with E-state index in [9.17, 15) is 9.59 Å². The molecule has 0 bridgehead atoms. The molecule has 170 valence electrons. The molecular weight excluding hydrogens is 420 g/mol. The number of hydrogen-bond acceptors (Lipinski definition) is 5. The van der Waals surface area contributed by atoms with Crippen LogP contribution in [0.5, 0.6) is 0 Å². The first-order chi connectivity index (χ1) is 15.3. The van der Waals surface area contributed by atoms with Crippen LogP contribution in [-0.2, 0) is 30.7 Å². The Kier molecular flexibility index (Phi) is 6.49.